The zero-order chi connectivity index (χ0) is 31.2. The van der Waals surface area contributed by atoms with Crippen LogP contribution in [0.15, 0.2) is 174 Å². The molecule has 0 saturated carbocycles. The average molecular weight is 614 g/mol. The van der Waals surface area contributed by atoms with Crippen LogP contribution in [0.25, 0.3) is 0 Å². The number of nitrogens with one attached hydrogen (secondary N) is 1. The molecule has 47 heavy (non-hydrogen) atoms. The minimum absolute atomic E-state index is 0.00483. The molecule has 0 amide bonds. The normalized spacial score (nSPS) is 28.4. The van der Waals surface area contributed by atoms with Crippen LogP contribution in [0, 0.1) is 11.8 Å². The standard InChI is InChI=1S/C44H39NO2/c1-3-13-30(14-4-1)32-17-11-12-29(24-32)28-45-44(33-22-23-36-35-18-7-9-20-39(35)46-41(36)26-33)34-25-38(31-15-5-2-6-16-31)43-37-19-8-10-21-40(37)47-42(43)27-34/h1-15,17-23,25-27,31-32,36,38,41,43-45H,16,24,28H2. The molecule has 0 fully saturated rings. The lowest BCUT2D eigenvalue weighted by Crippen LogP contribution is -2.37. The predicted molar refractivity (Wildman–Crippen MR) is 189 cm³/mol. The van der Waals surface area contributed by atoms with Crippen molar-refractivity contribution in [2.75, 3.05) is 6.54 Å². The molecule has 2 aliphatic heterocycles. The van der Waals surface area contributed by atoms with Gasteiger partial charge in [0.15, 0.2) is 0 Å². The number of hydrogen-bond donors (Lipinski definition) is 1. The van der Waals surface area contributed by atoms with Crippen molar-refractivity contribution in [2.45, 2.75) is 42.7 Å². The molecule has 0 aromatic heterocycles. The van der Waals surface area contributed by atoms with E-state index in [1.807, 2.05) is 0 Å². The summed E-state index contributed by atoms with van der Waals surface area (Å²) in [6.45, 7) is 0.806. The summed E-state index contributed by atoms with van der Waals surface area (Å²) in [7, 11) is 0. The maximum absolute atomic E-state index is 6.64. The quantitative estimate of drug-likeness (QED) is 0.288. The third kappa shape index (κ3) is 5.29. The summed E-state index contributed by atoms with van der Waals surface area (Å²) in [6.07, 6.45) is 29.9. The topological polar surface area (TPSA) is 30.5 Å². The van der Waals surface area contributed by atoms with Gasteiger partial charge in [-0.15, -0.1) is 0 Å². The van der Waals surface area contributed by atoms with Crippen LogP contribution in [0.5, 0.6) is 11.5 Å². The van der Waals surface area contributed by atoms with Crippen molar-refractivity contribution < 1.29 is 9.47 Å². The molecule has 3 heteroatoms. The monoisotopic (exact) mass is 613 g/mol. The van der Waals surface area contributed by atoms with Crippen molar-refractivity contribution in [3.05, 3.63) is 191 Å². The van der Waals surface area contributed by atoms with Gasteiger partial charge < -0.3 is 14.8 Å². The Kier molecular flexibility index (Phi) is 7.28. The number of allylic oxidation sites excluding steroid dienone is 9. The van der Waals surface area contributed by atoms with E-state index in [0.717, 1.165) is 36.6 Å². The highest BCUT2D eigenvalue weighted by Gasteiger charge is 2.42. The summed E-state index contributed by atoms with van der Waals surface area (Å²) < 4.78 is 13.1. The first-order valence-corrected chi connectivity index (χ1v) is 17.1. The first-order valence-electron chi connectivity index (χ1n) is 17.1. The minimum Gasteiger partial charge on any atom is -0.485 e. The summed E-state index contributed by atoms with van der Waals surface area (Å²) in [5, 5.41) is 4.05. The lowest BCUT2D eigenvalue weighted by molar-refractivity contribution is 0.267. The van der Waals surface area contributed by atoms with Crippen molar-refractivity contribution in [1.82, 2.24) is 5.32 Å². The Morgan fingerprint density at radius 3 is 2.47 bits per heavy atom. The molecule has 3 aromatic rings. The molecule has 0 radical (unpaired) electrons. The van der Waals surface area contributed by atoms with Crippen LogP contribution in [0.2, 0.25) is 0 Å². The molecular formula is C44H39NO2. The molecule has 4 aliphatic carbocycles. The Balaban J connectivity index is 1.06. The van der Waals surface area contributed by atoms with E-state index < -0.39 is 0 Å². The maximum Gasteiger partial charge on any atom is 0.130 e. The van der Waals surface area contributed by atoms with Gasteiger partial charge in [-0.2, -0.15) is 0 Å². The lowest BCUT2D eigenvalue weighted by Gasteiger charge is -2.35. The van der Waals surface area contributed by atoms with E-state index in [9.17, 15) is 0 Å². The van der Waals surface area contributed by atoms with E-state index in [2.05, 4.69) is 157 Å². The second-order valence-electron chi connectivity index (χ2n) is 13.5. The van der Waals surface area contributed by atoms with E-state index in [1.165, 1.54) is 33.4 Å². The number of para-hydroxylation sites is 2. The van der Waals surface area contributed by atoms with E-state index in [-0.39, 0.29) is 24.0 Å². The van der Waals surface area contributed by atoms with Crippen LogP contribution < -0.4 is 14.8 Å². The minimum atomic E-state index is -0.00660. The number of rotatable bonds is 7. The van der Waals surface area contributed by atoms with Gasteiger partial charge in [0.25, 0.3) is 0 Å². The molecule has 0 saturated heterocycles. The highest BCUT2D eigenvalue weighted by molar-refractivity contribution is 5.56. The zero-order valence-electron chi connectivity index (χ0n) is 26.4. The SMILES string of the molecule is C1=CCC(C2C=C(C(NCC3=CC=CC(c4ccccc4)C3)C3=CC4Oc5ccccc5C4C=C3)C=C3Oc4ccccc4C32)C=C1. The molecule has 1 N–H and O–H groups in total. The maximum atomic E-state index is 6.64. The fraction of sp³-hybridized carbons (Fsp3) is 0.227. The van der Waals surface area contributed by atoms with Crippen LogP contribution in [0.4, 0.5) is 0 Å². The van der Waals surface area contributed by atoms with Crippen molar-refractivity contribution >= 4 is 0 Å². The Hall–Kier alpha value is -4.86. The largest absolute Gasteiger partial charge is 0.485 e. The Morgan fingerprint density at radius 1 is 0.766 bits per heavy atom. The van der Waals surface area contributed by atoms with Gasteiger partial charge in [-0.05, 0) is 65.7 Å². The highest BCUT2D eigenvalue weighted by atomic mass is 16.5. The molecule has 3 nitrogen and oxygen atoms in total. The van der Waals surface area contributed by atoms with Gasteiger partial charge in [-0.1, -0.05) is 133 Å². The van der Waals surface area contributed by atoms with Gasteiger partial charge in [0.1, 0.15) is 23.4 Å². The molecule has 3 aromatic carbocycles. The summed E-state index contributed by atoms with van der Waals surface area (Å²) in [6, 6.07) is 27.9. The third-order valence-corrected chi connectivity index (χ3v) is 10.7. The van der Waals surface area contributed by atoms with Crippen LogP contribution >= 0.6 is 0 Å². The first kappa shape index (κ1) is 28.4. The van der Waals surface area contributed by atoms with Gasteiger partial charge in [0.2, 0.25) is 0 Å². The van der Waals surface area contributed by atoms with Crippen LogP contribution in [-0.4, -0.2) is 18.7 Å². The molecular weight excluding hydrogens is 574 g/mol. The van der Waals surface area contributed by atoms with Crippen LogP contribution in [0.3, 0.4) is 0 Å². The van der Waals surface area contributed by atoms with E-state index >= 15 is 0 Å². The molecule has 0 bridgehead atoms. The van der Waals surface area contributed by atoms with Gasteiger partial charge in [-0.25, -0.2) is 0 Å². The number of ether oxygens (including phenoxy) is 2. The Morgan fingerprint density at radius 2 is 1.60 bits per heavy atom. The zero-order valence-corrected chi connectivity index (χ0v) is 26.4. The summed E-state index contributed by atoms with van der Waals surface area (Å²) in [5.74, 6) is 4.63. The van der Waals surface area contributed by atoms with Gasteiger partial charge in [0.05, 0.1) is 12.0 Å². The van der Waals surface area contributed by atoms with Gasteiger partial charge in [0, 0.05) is 29.5 Å². The first-order chi connectivity index (χ1) is 23.3. The van der Waals surface area contributed by atoms with Crippen molar-refractivity contribution in [2.24, 2.45) is 11.8 Å². The van der Waals surface area contributed by atoms with Gasteiger partial charge >= 0.3 is 0 Å². The van der Waals surface area contributed by atoms with Crippen molar-refractivity contribution in [1.29, 1.82) is 0 Å². The average Bonchev–Trinajstić information content (AvgIpc) is 3.70. The molecule has 6 aliphatic rings. The Bertz CT molecular complexity index is 1940. The summed E-state index contributed by atoms with van der Waals surface area (Å²) in [5.41, 5.74) is 7.88. The second kappa shape index (κ2) is 12.1. The lowest BCUT2D eigenvalue weighted by atomic mass is 9.71. The fourth-order valence-corrected chi connectivity index (χ4v) is 8.39. The van der Waals surface area contributed by atoms with Crippen molar-refractivity contribution in [3.8, 4) is 11.5 Å². The van der Waals surface area contributed by atoms with E-state index in [4.69, 9.17) is 9.47 Å². The molecule has 2 heterocycles. The number of hydrogen-bond acceptors (Lipinski definition) is 3. The summed E-state index contributed by atoms with van der Waals surface area (Å²) in [4.78, 5) is 0. The van der Waals surface area contributed by atoms with E-state index in [1.54, 1.807) is 0 Å². The fourth-order valence-electron chi connectivity index (χ4n) is 8.39. The summed E-state index contributed by atoms with van der Waals surface area (Å²) >= 11 is 0. The molecule has 232 valence electrons. The third-order valence-electron chi connectivity index (χ3n) is 10.7. The molecule has 7 atom stereocenters. The highest BCUT2D eigenvalue weighted by Crippen LogP contribution is 2.52. The Labute approximate surface area is 277 Å². The van der Waals surface area contributed by atoms with Crippen LogP contribution in [0.1, 0.15) is 47.3 Å². The molecule has 0 spiro atoms. The number of benzene rings is 3. The second-order valence-corrected chi connectivity index (χ2v) is 13.5. The van der Waals surface area contributed by atoms with Crippen LogP contribution in [-0.2, 0) is 0 Å². The number of fused-ring (bicyclic) bond motifs is 6. The molecule has 9 rings (SSSR count). The van der Waals surface area contributed by atoms with Crippen molar-refractivity contribution in [3.63, 3.8) is 0 Å². The predicted octanol–water partition coefficient (Wildman–Crippen LogP) is 9.40. The smallest absolute Gasteiger partial charge is 0.130 e. The van der Waals surface area contributed by atoms with E-state index in [0.29, 0.717) is 17.8 Å². The van der Waals surface area contributed by atoms with Gasteiger partial charge in [-0.3, -0.25) is 0 Å². The molecule has 7 unspecified atom stereocenters.